The van der Waals surface area contributed by atoms with Crippen molar-refractivity contribution in [3.05, 3.63) is 23.3 Å². The summed E-state index contributed by atoms with van der Waals surface area (Å²) in [6.07, 6.45) is 6.20. The van der Waals surface area contributed by atoms with E-state index in [9.17, 15) is 20.1 Å². The lowest BCUT2D eigenvalue weighted by Gasteiger charge is -2.11. The summed E-state index contributed by atoms with van der Waals surface area (Å²) in [5.41, 5.74) is 0.767. The number of aryl methyl sites for hydroxylation is 1. The first-order valence-corrected chi connectivity index (χ1v) is 8.35. The fraction of sp³-hybridized carbons (Fsp3) is 0.611. The van der Waals surface area contributed by atoms with E-state index in [4.69, 9.17) is 4.74 Å². The summed E-state index contributed by atoms with van der Waals surface area (Å²) in [5, 5.41) is 28.7. The van der Waals surface area contributed by atoms with E-state index >= 15 is 0 Å². The number of aliphatic hydroxyl groups is 1. The van der Waals surface area contributed by atoms with Gasteiger partial charge in [-0.25, -0.2) is 4.79 Å². The second-order valence-corrected chi connectivity index (χ2v) is 5.87. The number of hydrogen-bond acceptors (Lipinski definition) is 5. The molecule has 1 atom stereocenters. The third kappa shape index (κ3) is 6.91. The first-order chi connectivity index (χ1) is 11.0. The second kappa shape index (κ2) is 10.1. The van der Waals surface area contributed by atoms with E-state index in [0.29, 0.717) is 12.0 Å². The Kier molecular flexibility index (Phi) is 8.48. The molecule has 1 aromatic rings. The standard InChI is InChI=1S/C18H28O5/c1-3-23-18(22)17-14(11-15(20)12-16(17)21)10-8-6-4-5-7-9-13(2)19/h11-13,19-21H,3-10H2,1-2H3. The van der Waals surface area contributed by atoms with Gasteiger partial charge in [0.1, 0.15) is 17.1 Å². The van der Waals surface area contributed by atoms with Crippen molar-refractivity contribution in [3.63, 3.8) is 0 Å². The normalized spacial score (nSPS) is 12.1. The largest absolute Gasteiger partial charge is 0.508 e. The lowest BCUT2D eigenvalue weighted by molar-refractivity contribution is 0.0521. The first-order valence-electron chi connectivity index (χ1n) is 8.35. The highest BCUT2D eigenvalue weighted by Crippen LogP contribution is 2.29. The summed E-state index contributed by atoms with van der Waals surface area (Å²) < 4.78 is 4.97. The molecular formula is C18H28O5. The maximum Gasteiger partial charge on any atom is 0.342 e. The average molecular weight is 324 g/mol. The SMILES string of the molecule is CCOC(=O)c1c(O)cc(O)cc1CCCCCCCC(C)O. The van der Waals surface area contributed by atoms with Gasteiger partial charge < -0.3 is 20.1 Å². The van der Waals surface area contributed by atoms with Crippen molar-refractivity contribution in [2.45, 2.75) is 64.9 Å². The van der Waals surface area contributed by atoms with Gasteiger partial charge in [-0.3, -0.25) is 0 Å². The molecule has 0 aliphatic rings. The zero-order valence-electron chi connectivity index (χ0n) is 14.0. The maximum atomic E-state index is 11.9. The van der Waals surface area contributed by atoms with Crippen LogP contribution in [0.15, 0.2) is 12.1 Å². The van der Waals surface area contributed by atoms with Gasteiger partial charge in [0.2, 0.25) is 0 Å². The molecule has 3 N–H and O–H groups in total. The Bertz CT molecular complexity index is 496. The molecule has 0 saturated heterocycles. The highest BCUT2D eigenvalue weighted by atomic mass is 16.5. The highest BCUT2D eigenvalue weighted by molar-refractivity contribution is 5.94. The van der Waals surface area contributed by atoms with Crippen LogP contribution in [-0.4, -0.2) is 34.0 Å². The minimum Gasteiger partial charge on any atom is -0.508 e. The van der Waals surface area contributed by atoms with E-state index in [1.807, 2.05) is 0 Å². The number of rotatable bonds is 10. The lowest BCUT2D eigenvalue weighted by Crippen LogP contribution is -2.08. The summed E-state index contributed by atoms with van der Waals surface area (Å²) in [6.45, 7) is 3.75. The number of aliphatic hydroxyl groups excluding tert-OH is 1. The Balaban J connectivity index is 2.53. The van der Waals surface area contributed by atoms with Crippen LogP contribution in [0.5, 0.6) is 11.5 Å². The monoisotopic (exact) mass is 324 g/mol. The van der Waals surface area contributed by atoms with Crippen molar-refractivity contribution in [2.24, 2.45) is 0 Å². The molecule has 0 heterocycles. The van der Waals surface area contributed by atoms with Crippen LogP contribution in [0.2, 0.25) is 0 Å². The van der Waals surface area contributed by atoms with Crippen LogP contribution in [0.1, 0.15) is 68.3 Å². The van der Waals surface area contributed by atoms with Crippen molar-refractivity contribution in [1.82, 2.24) is 0 Å². The van der Waals surface area contributed by atoms with Gasteiger partial charge in [-0.15, -0.1) is 0 Å². The van der Waals surface area contributed by atoms with Gasteiger partial charge in [0, 0.05) is 6.07 Å². The van der Waals surface area contributed by atoms with Gasteiger partial charge in [-0.2, -0.15) is 0 Å². The van der Waals surface area contributed by atoms with E-state index in [0.717, 1.165) is 44.6 Å². The summed E-state index contributed by atoms with van der Waals surface area (Å²) >= 11 is 0. The van der Waals surface area contributed by atoms with E-state index in [2.05, 4.69) is 0 Å². The number of phenols is 2. The highest BCUT2D eigenvalue weighted by Gasteiger charge is 2.18. The maximum absolute atomic E-state index is 11.9. The van der Waals surface area contributed by atoms with Gasteiger partial charge in [-0.1, -0.05) is 25.7 Å². The lowest BCUT2D eigenvalue weighted by atomic mass is 9.99. The van der Waals surface area contributed by atoms with Crippen LogP contribution >= 0.6 is 0 Å². The van der Waals surface area contributed by atoms with E-state index in [1.54, 1.807) is 13.8 Å². The number of hydrogen-bond donors (Lipinski definition) is 3. The van der Waals surface area contributed by atoms with Crippen LogP contribution in [0, 0.1) is 0 Å². The molecule has 1 unspecified atom stereocenters. The Labute approximate surface area is 137 Å². The number of esters is 1. The number of carbonyl (C=O) groups excluding carboxylic acids is 1. The number of aromatic hydroxyl groups is 2. The Morgan fingerprint density at radius 1 is 1.13 bits per heavy atom. The number of phenolic OH excluding ortho intramolecular Hbond substituents is 2. The zero-order chi connectivity index (χ0) is 17.2. The topological polar surface area (TPSA) is 87.0 Å². The molecule has 130 valence electrons. The number of unbranched alkanes of at least 4 members (excludes halogenated alkanes) is 4. The Morgan fingerprint density at radius 2 is 1.78 bits per heavy atom. The molecule has 23 heavy (non-hydrogen) atoms. The summed E-state index contributed by atoms with van der Waals surface area (Å²) in [5.74, 6) is -0.852. The van der Waals surface area contributed by atoms with Crippen molar-refractivity contribution in [3.8, 4) is 11.5 Å². The van der Waals surface area contributed by atoms with E-state index in [1.165, 1.54) is 6.07 Å². The molecule has 0 aromatic heterocycles. The van der Waals surface area contributed by atoms with E-state index < -0.39 is 5.97 Å². The van der Waals surface area contributed by atoms with E-state index in [-0.39, 0.29) is 29.8 Å². The fourth-order valence-corrected chi connectivity index (χ4v) is 2.59. The van der Waals surface area contributed by atoms with Gasteiger partial charge in [0.15, 0.2) is 0 Å². The van der Waals surface area contributed by atoms with Crippen LogP contribution in [0.3, 0.4) is 0 Å². The predicted octanol–water partition coefficient (Wildman–Crippen LogP) is 3.54. The quantitative estimate of drug-likeness (QED) is 0.452. The minimum atomic E-state index is -0.558. The first kappa shape index (κ1) is 19.3. The number of benzene rings is 1. The van der Waals surface area contributed by atoms with Gasteiger partial charge >= 0.3 is 5.97 Å². The van der Waals surface area contributed by atoms with Crippen molar-refractivity contribution >= 4 is 5.97 Å². The van der Waals surface area contributed by atoms with Crippen LogP contribution in [0.4, 0.5) is 0 Å². The third-order valence-electron chi connectivity index (χ3n) is 3.73. The smallest absolute Gasteiger partial charge is 0.342 e. The molecule has 0 spiro atoms. The molecule has 0 fully saturated rings. The molecule has 1 rings (SSSR count). The minimum absolute atomic E-state index is 0.0533. The molecule has 0 radical (unpaired) electrons. The second-order valence-electron chi connectivity index (χ2n) is 5.87. The molecule has 0 aliphatic carbocycles. The molecular weight excluding hydrogens is 296 g/mol. The van der Waals surface area contributed by atoms with Crippen molar-refractivity contribution in [1.29, 1.82) is 0 Å². The van der Waals surface area contributed by atoms with Crippen molar-refractivity contribution < 1.29 is 24.9 Å². The third-order valence-corrected chi connectivity index (χ3v) is 3.73. The van der Waals surface area contributed by atoms with Crippen LogP contribution in [-0.2, 0) is 11.2 Å². The molecule has 0 amide bonds. The molecule has 0 bridgehead atoms. The zero-order valence-corrected chi connectivity index (χ0v) is 14.0. The van der Waals surface area contributed by atoms with Crippen LogP contribution < -0.4 is 0 Å². The van der Waals surface area contributed by atoms with Gasteiger partial charge in [-0.05, 0) is 44.7 Å². The van der Waals surface area contributed by atoms with Crippen molar-refractivity contribution in [2.75, 3.05) is 6.61 Å². The Hall–Kier alpha value is -1.75. The predicted molar refractivity (Wildman–Crippen MR) is 88.8 cm³/mol. The van der Waals surface area contributed by atoms with Crippen LogP contribution in [0.25, 0.3) is 0 Å². The molecule has 0 aliphatic heterocycles. The summed E-state index contributed by atoms with van der Waals surface area (Å²) in [6, 6.07) is 2.67. The number of carbonyl (C=O) groups is 1. The summed E-state index contributed by atoms with van der Waals surface area (Å²) in [7, 11) is 0. The number of ether oxygens (including phenoxy) is 1. The molecule has 1 aromatic carbocycles. The van der Waals surface area contributed by atoms with Gasteiger partial charge in [0.05, 0.1) is 12.7 Å². The fourth-order valence-electron chi connectivity index (χ4n) is 2.59. The molecule has 0 saturated carbocycles. The summed E-state index contributed by atoms with van der Waals surface area (Å²) in [4.78, 5) is 11.9. The average Bonchev–Trinajstić information content (AvgIpc) is 2.45. The van der Waals surface area contributed by atoms with Gasteiger partial charge in [0.25, 0.3) is 0 Å². The Morgan fingerprint density at radius 3 is 2.43 bits per heavy atom. The molecule has 5 nitrogen and oxygen atoms in total. The molecule has 5 heteroatoms.